The Morgan fingerprint density at radius 3 is 2.70 bits per heavy atom. The van der Waals surface area contributed by atoms with Crippen molar-refractivity contribution in [1.82, 2.24) is 0 Å². The zero-order chi connectivity index (χ0) is 7.40. The fraction of sp³-hybridized carbons (Fsp3) is 0.143. The third kappa shape index (κ3) is 1.73. The van der Waals surface area contributed by atoms with Gasteiger partial charge in [0.1, 0.15) is 0 Å². The van der Waals surface area contributed by atoms with Gasteiger partial charge in [0.05, 0.1) is 12.0 Å². The van der Waals surface area contributed by atoms with Gasteiger partial charge in [0.15, 0.2) is 0 Å². The van der Waals surface area contributed by atoms with Gasteiger partial charge in [0, 0.05) is 4.90 Å². The summed E-state index contributed by atoms with van der Waals surface area (Å²) in [5.74, 6) is 4.89. The quantitative estimate of drug-likeness (QED) is 0.523. The van der Waals surface area contributed by atoms with E-state index in [0.29, 0.717) is 0 Å². The molecule has 2 N–H and O–H groups in total. The van der Waals surface area contributed by atoms with Crippen molar-refractivity contribution in [2.24, 2.45) is 5.90 Å². The molecular formula is C7H9NOS. The van der Waals surface area contributed by atoms with Gasteiger partial charge in [-0.3, -0.25) is 0 Å². The summed E-state index contributed by atoms with van der Waals surface area (Å²) in [7, 11) is 0. The molecule has 0 heterocycles. The van der Waals surface area contributed by atoms with Crippen LogP contribution in [0.15, 0.2) is 29.2 Å². The number of hydrogen-bond donors (Lipinski definition) is 1. The third-order valence-corrected chi connectivity index (χ3v) is 1.97. The Morgan fingerprint density at radius 1 is 1.40 bits per heavy atom. The first-order valence-electron chi connectivity index (χ1n) is 2.93. The SMILES string of the molecule is Cc1ccccc1SON. The Balaban J connectivity index is 2.81. The minimum Gasteiger partial charge on any atom is -0.229 e. The second-order valence-electron chi connectivity index (χ2n) is 1.95. The molecule has 0 aliphatic carbocycles. The van der Waals surface area contributed by atoms with Gasteiger partial charge in [-0.15, -0.1) is 0 Å². The minimum absolute atomic E-state index is 1.06. The standard InChI is InChI=1S/C7H9NOS/c1-6-4-2-3-5-7(6)10-9-8/h2-5H,8H2,1H3. The number of benzene rings is 1. The second kappa shape index (κ2) is 3.61. The highest BCUT2D eigenvalue weighted by Crippen LogP contribution is 2.20. The maximum Gasteiger partial charge on any atom is 0.0524 e. The van der Waals surface area contributed by atoms with Crippen LogP contribution >= 0.6 is 12.0 Å². The molecule has 0 aliphatic rings. The van der Waals surface area contributed by atoms with Crippen molar-refractivity contribution < 1.29 is 4.28 Å². The van der Waals surface area contributed by atoms with E-state index in [2.05, 4.69) is 4.28 Å². The van der Waals surface area contributed by atoms with Gasteiger partial charge in [-0.1, -0.05) is 18.2 Å². The summed E-state index contributed by atoms with van der Waals surface area (Å²) in [5, 5.41) is 0. The van der Waals surface area contributed by atoms with Crippen LogP contribution in [-0.2, 0) is 4.28 Å². The first-order valence-corrected chi connectivity index (χ1v) is 3.68. The smallest absolute Gasteiger partial charge is 0.0524 e. The molecule has 0 atom stereocenters. The normalized spacial score (nSPS) is 9.80. The van der Waals surface area contributed by atoms with E-state index < -0.39 is 0 Å². The van der Waals surface area contributed by atoms with Crippen LogP contribution in [0.25, 0.3) is 0 Å². The molecule has 0 radical (unpaired) electrons. The molecule has 0 aromatic heterocycles. The third-order valence-electron chi connectivity index (χ3n) is 1.23. The Hall–Kier alpha value is -0.510. The highest BCUT2D eigenvalue weighted by Gasteiger charge is 1.95. The monoisotopic (exact) mass is 155 g/mol. The first-order chi connectivity index (χ1) is 4.84. The van der Waals surface area contributed by atoms with Gasteiger partial charge in [0.2, 0.25) is 0 Å². The molecule has 3 heteroatoms. The lowest BCUT2D eigenvalue weighted by molar-refractivity contribution is 0.398. The Bertz CT molecular complexity index is 215. The van der Waals surface area contributed by atoms with E-state index in [4.69, 9.17) is 5.90 Å². The molecule has 1 rings (SSSR count). The van der Waals surface area contributed by atoms with E-state index >= 15 is 0 Å². The molecule has 10 heavy (non-hydrogen) atoms. The van der Waals surface area contributed by atoms with Crippen molar-refractivity contribution in [1.29, 1.82) is 0 Å². The van der Waals surface area contributed by atoms with Crippen molar-refractivity contribution >= 4 is 12.0 Å². The lowest BCUT2D eigenvalue weighted by atomic mass is 10.2. The summed E-state index contributed by atoms with van der Waals surface area (Å²) < 4.78 is 4.43. The molecule has 1 aromatic rings. The van der Waals surface area contributed by atoms with E-state index in [1.165, 1.54) is 17.6 Å². The molecule has 0 unspecified atom stereocenters. The molecule has 0 saturated heterocycles. The zero-order valence-electron chi connectivity index (χ0n) is 5.70. The van der Waals surface area contributed by atoms with Crippen LogP contribution in [0.4, 0.5) is 0 Å². The van der Waals surface area contributed by atoms with Gasteiger partial charge in [-0.05, 0) is 18.6 Å². The van der Waals surface area contributed by atoms with E-state index in [1.54, 1.807) is 0 Å². The van der Waals surface area contributed by atoms with Gasteiger partial charge in [-0.2, -0.15) is 0 Å². The molecule has 2 nitrogen and oxygen atoms in total. The lowest BCUT2D eigenvalue weighted by Gasteiger charge is -1.99. The summed E-state index contributed by atoms with van der Waals surface area (Å²) in [4.78, 5) is 1.06. The van der Waals surface area contributed by atoms with Crippen LogP contribution in [0.3, 0.4) is 0 Å². The topological polar surface area (TPSA) is 35.2 Å². The predicted octanol–water partition coefficient (Wildman–Crippen LogP) is 1.89. The van der Waals surface area contributed by atoms with Crippen LogP contribution in [0.1, 0.15) is 5.56 Å². The molecule has 54 valence electrons. The van der Waals surface area contributed by atoms with Gasteiger partial charge in [-0.25, -0.2) is 10.2 Å². The highest BCUT2D eigenvalue weighted by atomic mass is 32.2. The Morgan fingerprint density at radius 2 is 2.10 bits per heavy atom. The van der Waals surface area contributed by atoms with Crippen LogP contribution in [0, 0.1) is 6.92 Å². The number of aryl methyl sites for hydroxylation is 1. The van der Waals surface area contributed by atoms with E-state index in [-0.39, 0.29) is 0 Å². The van der Waals surface area contributed by atoms with Gasteiger partial charge >= 0.3 is 0 Å². The van der Waals surface area contributed by atoms with Crippen LogP contribution in [-0.4, -0.2) is 0 Å². The fourth-order valence-electron chi connectivity index (χ4n) is 0.702. The molecule has 0 amide bonds. The summed E-state index contributed by atoms with van der Waals surface area (Å²) >= 11 is 1.18. The largest absolute Gasteiger partial charge is 0.229 e. The second-order valence-corrected chi connectivity index (χ2v) is 2.74. The van der Waals surface area contributed by atoms with Crippen molar-refractivity contribution in [2.45, 2.75) is 11.8 Å². The zero-order valence-corrected chi connectivity index (χ0v) is 6.52. The Labute approximate surface area is 64.5 Å². The number of nitrogens with two attached hydrogens (primary N) is 1. The van der Waals surface area contributed by atoms with E-state index in [1.807, 2.05) is 31.2 Å². The first kappa shape index (κ1) is 7.60. The van der Waals surface area contributed by atoms with Gasteiger partial charge < -0.3 is 0 Å². The van der Waals surface area contributed by atoms with Crippen LogP contribution in [0.5, 0.6) is 0 Å². The molecule has 0 fully saturated rings. The molecule has 0 saturated carbocycles. The average Bonchev–Trinajstić information content (AvgIpc) is 1.94. The molecule has 0 spiro atoms. The number of rotatable bonds is 2. The fourth-order valence-corrected chi connectivity index (χ4v) is 1.14. The van der Waals surface area contributed by atoms with Crippen molar-refractivity contribution in [3.05, 3.63) is 29.8 Å². The molecule has 0 bridgehead atoms. The van der Waals surface area contributed by atoms with Crippen molar-refractivity contribution in [2.75, 3.05) is 0 Å². The number of hydrogen-bond acceptors (Lipinski definition) is 3. The maximum atomic E-state index is 4.89. The maximum absolute atomic E-state index is 4.89. The summed E-state index contributed by atoms with van der Waals surface area (Å²) in [6.07, 6.45) is 0. The predicted molar refractivity (Wildman–Crippen MR) is 42.3 cm³/mol. The van der Waals surface area contributed by atoms with Crippen molar-refractivity contribution in [3.8, 4) is 0 Å². The summed E-state index contributed by atoms with van der Waals surface area (Å²) in [5.41, 5.74) is 1.18. The van der Waals surface area contributed by atoms with Gasteiger partial charge in [0.25, 0.3) is 0 Å². The Kier molecular flexibility index (Phi) is 2.74. The van der Waals surface area contributed by atoms with E-state index in [0.717, 1.165) is 4.90 Å². The molecule has 0 aliphatic heterocycles. The lowest BCUT2D eigenvalue weighted by Crippen LogP contribution is -1.88. The summed E-state index contributed by atoms with van der Waals surface area (Å²) in [6.45, 7) is 2.02. The van der Waals surface area contributed by atoms with Crippen molar-refractivity contribution in [3.63, 3.8) is 0 Å². The summed E-state index contributed by atoms with van der Waals surface area (Å²) in [6, 6.07) is 7.92. The van der Waals surface area contributed by atoms with Crippen LogP contribution < -0.4 is 5.90 Å². The van der Waals surface area contributed by atoms with Crippen LogP contribution in [0.2, 0.25) is 0 Å². The molecule has 1 aromatic carbocycles. The minimum atomic E-state index is 1.06. The molecular weight excluding hydrogens is 146 g/mol. The highest BCUT2D eigenvalue weighted by molar-refractivity contribution is 7.94. The van der Waals surface area contributed by atoms with E-state index in [9.17, 15) is 0 Å². The average molecular weight is 155 g/mol.